The van der Waals surface area contributed by atoms with E-state index in [1.165, 1.54) is 6.20 Å². The second-order valence-corrected chi connectivity index (χ2v) is 4.46. The van der Waals surface area contributed by atoms with Crippen molar-refractivity contribution < 1.29 is 4.52 Å². The Bertz CT molecular complexity index is 603. The Morgan fingerprint density at radius 3 is 2.89 bits per heavy atom. The standard InChI is InChI=1S/C11H13N7O/c1-17-2-4-18(5-3-17)11-14-10(19-16-11)8-7-13-15-9(8)6-12/h7H,2-5H2,1H3,(H,13,15). The topological polar surface area (TPSA) is 97.9 Å². The summed E-state index contributed by atoms with van der Waals surface area (Å²) in [6.07, 6.45) is 1.51. The molecule has 0 saturated carbocycles. The molecule has 3 heterocycles. The lowest BCUT2D eigenvalue weighted by atomic mass is 10.2. The van der Waals surface area contributed by atoms with E-state index in [0.29, 0.717) is 23.1 Å². The third kappa shape index (κ3) is 2.15. The zero-order chi connectivity index (χ0) is 13.2. The lowest BCUT2D eigenvalue weighted by Gasteiger charge is -2.31. The fraction of sp³-hybridized carbons (Fsp3) is 0.455. The van der Waals surface area contributed by atoms with Gasteiger partial charge in [0.15, 0.2) is 0 Å². The van der Waals surface area contributed by atoms with E-state index in [4.69, 9.17) is 9.78 Å². The van der Waals surface area contributed by atoms with E-state index in [1.807, 2.05) is 6.07 Å². The number of aromatic amines is 1. The van der Waals surface area contributed by atoms with Crippen molar-refractivity contribution in [3.05, 3.63) is 11.9 Å². The fourth-order valence-electron chi connectivity index (χ4n) is 1.99. The van der Waals surface area contributed by atoms with Gasteiger partial charge in [-0.15, -0.1) is 0 Å². The molecule has 8 heteroatoms. The molecule has 19 heavy (non-hydrogen) atoms. The van der Waals surface area contributed by atoms with E-state index in [0.717, 1.165) is 26.2 Å². The van der Waals surface area contributed by atoms with Crippen LogP contribution in [0.25, 0.3) is 11.5 Å². The van der Waals surface area contributed by atoms with E-state index >= 15 is 0 Å². The van der Waals surface area contributed by atoms with Crippen LogP contribution in [0.2, 0.25) is 0 Å². The Hall–Kier alpha value is -2.40. The summed E-state index contributed by atoms with van der Waals surface area (Å²) in [6, 6.07) is 2.00. The summed E-state index contributed by atoms with van der Waals surface area (Å²) < 4.78 is 5.20. The molecular weight excluding hydrogens is 246 g/mol. The molecule has 1 N–H and O–H groups in total. The van der Waals surface area contributed by atoms with Crippen LogP contribution in [0.4, 0.5) is 5.95 Å². The molecule has 1 aliphatic heterocycles. The van der Waals surface area contributed by atoms with E-state index < -0.39 is 0 Å². The molecule has 1 aliphatic rings. The van der Waals surface area contributed by atoms with Crippen molar-refractivity contribution in [2.75, 3.05) is 38.1 Å². The van der Waals surface area contributed by atoms with Crippen LogP contribution >= 0.6 is 0 Å². The van der Waals surface area contributed by atoms with Crippen molar-refractivity contribution in [3.63, 3.8) is 0 Å². The highest BCUT2D eigenvalue weighted by Crippen LogP contribution is 2.22. The third-order valence-electron chi connectivity index (χ3n) is 3.18. The number of rotatable bonds is 2. The third-order valence-corrected chi connectivity index (χ3v) is 3.18. The van der Waals surface area contributed by atoms with Gasteiger partial charge in [-0.25, -0.2) is 0 Å². The first-order valence-corrected chi connectivity index (χ1v) is 5.99. The molecule has 98 valence electrons. The summed E-state index contributed by atoms with van der Waals surface area (Å²) in [5.41, 5.74) is 0.865. The molecule has 0 unspecified atom stereocenters. The average Bonchev–Trinajstić information content (AvgIpc) is 3.07. The van der Waals surface area contributed by atoms with Gasteiger partial charge >= 0.3 is 0 Å². The minimum atomic E-state index is 0.319. The molecule has 8 nitrogen and oxygen atoms in total. The first-order chi connectivity index (χ1) is 9.28. The Morgan fingerprint density at radius 1 is 1.37 bits per heavy atom. The average molecular weight is 259 g/mol. The summed E-state index contributed by atoms with van der Waals surface area (Å²) in [5, 5.41) is 19.3. The summed E-state index contributed by atoms with van der Waals surface area (Å²) in [6.45, 7) is 3.68. The van der Waals surface area contributed by atoms with Gasteiger partial charge in [-0.1, -0.05) is 0 Å². The largest absolute Gasteiger partial charge is 0.336 e. The predicted molar refractivity (Wildman–Crippen MR) is 66.3 cm³/mol. The number of nitrogens with zero attached hydrogens (tertiary/aromatic N) is 6. The number of anilines is 1. The van der Waals surface area contributed by atoms with Gasteiger partial charge in [0.1, 0.15) is 11.8 Å². The van der Waals surface area contributed by atoms with Crippen molar-refractivity contribution in [1.29, 1.82) is 5.26 Å². The molecule has 1 saturated heterocycles. The second kappa shape index (κ2) is 4.70. The van der Waals surface area contributed by atoms with Gasteiger partial charge in [-0.3, -0.25) is 5.10 Å². The van der Waals surface area contributed by atoms with Gasteiger partial charge in [-0.2, -0.15) is 15.3 Å². The predicted octanol–water partition coefficient (Wildman–Crippen LogP) is 0.0832. The van der Waals surface area contributed by atoms with Gasteiger partial charge < -0.3 is 14.3 Å². The Labute approximate surface area is 109 Å². The highest BCUT2D eigenvalue weighted by Gasteiger charge is 2.21. The van der Waals surface area contributed by atoms with Crippen molar-refractivity contribution >= 4 is 5.95 Å². The van der Waals surface area contributed by atoms with Crippen LogP contribution in [0.3, 0.4) is 0 Å². The molecule has 2 aromatic rings. The number of hydrogen-bond acceptors (Lipinski definition) is 7. The summed E-state index contributed by atoms with van der Waals surface area (Å²) >= 11 is 0. The summed E-state index contributed by atoms with van der Waals surface area (Å²) in [5.74, 6) is 0.882. The van der Waals surface area contributed by atoms with Crippen LogP contribution in [-0.2, 0) is 0 Å². The molecule has 0 radical (unpaired) electrons. The van der Waals surface area contributed by atoms with Crippen LogP contribution < -0.4 is 4.90 Å². The normalized spacial score (nSPS) is 16.5. The van der Waals surface area contributed by atoms with E-state index in [1.54, 1.807) is 0 Å². The molecule has 0 spiro atoms. The highest BCUT2D eigenvalue weighted by atomic mass is 16.5. The van der Waals surface area contributed by atoms with Gasteiger partial charge in [-0.05, 0) is 12.2 Å². The van der Waals surface area contributed by atoms with Gasteiger partial charge in [0.25, 0.3) is 11.8 Å². The first-order valence-electron chi connectivity index (χ1n) is 5.99. The second-order valence-electron chi connectivity index (χ2n) is 4.46. The molecule has 0 aromatic carbocycles. The van der Waals surface area contributed by atoms with Crippen LogP contribution in [0.5, 0.6) is 0 Å². The minimum Gasteiger partial charge on any atom is -0.336 e. The van der Waals surface area contributed by atoms with E-state index in [9.17, 15) is 0 Å². The lowest BCUT2D eigenvalue weighted by molar-refractivity contribution is 0.309. The zero-order valence-electron chi connectivity index (χ0n) is 10.5. The van der Waals surface area contributed by atoms with Crippen molar-refractivity contribution in [3.8, 4) is 17.5 Å². The lowest BCUT2D eigenvalue weighted by Crippen LogP contribution is -2.44. The Kier molecular flexibility index (Phi) is 2.89. The fourth-order valence-corrected chi connectivity index (χ4v) is 1.99. The summed E-state index contributed by atoms with van der Waals surface area (Å²) in [4.78, 5) is 8.65. The van der Waals surface area contributed by atoms with Gasteiger partial charge in [0.2, 0.25) is 0 Å². The number of H-pyrrole nitrogens is 1. The number of aromatic nitrogens is 4. The summed E-state index contributed by atoms with van der Waals surface area (Å²) in [7, 11) is 2.09. The molecule has 3 rings (SSSR count). The minimum absolute atomic E-state index is 0.319. The molecule has 0 bridgehead atoms. The van der Waals surface area contributed by atoms with Crippen molar-refractivity contribution in [2.45, 2.75) is 0 Å². The van der Waals surface area contributed by atoms with E-state index in [2.05, 4.69) is 37.2 Å². The molecule has 0 amide bonds. The maximum absolute atomic E-state index is 8.93. The van der Waals surface area contributed by atoms with E-state index in [-0.39, 0.29) is 0 Å². The maximum atomic E-state index is 8.93. The molecule has 1 fully saturated rings. The number of nitriles is 1. The first kappa shape index (κ1) is 11.7. The monoisotopic (exact) mass is 259 g/mol. The van der Waals surface area contributed by atoms with Crippen molar-refractivity contribution in [1.82, 2.24) is 25.2 Å². The van der Waals surface area contributed by atoms with Crippen LogP contribution in [0, 0.1) is 11.3 Å². The maximum Gasteiger partial charge on any atom is 0.266 e. The molecule has 2 aromatic heterocycles. The quantitative estimate of drug-likeness (QED) is 0.815. The van der Waals surface area contributed by atoms with Crippen LogP contribution in [0.1, 0.15) is 5.69 Å². The van der Waals surface area contributed by atoms with Crippen LogP contribution in [-0.4, -0.2) is 58.5 Å². The highest BCUT2D eigenvalue weighted by molar-refractivity contribution is 5.60. The smallest absolute Gasteiger partial charge is 0.266 e. The SMILES string of the molecule is CN1CCN(c2noc(-c3cn[nH]c3C#N)n2)CC1. The molecule has 0 atom stereocenters. The Balaban J connectivity index is 1.82. The van der Waals surface area contributed by atoms with Crippen molar-refractivity contribution in [2.24, 2.45) is 0 Å². The van der Waals surface area contributed by atoms with Gasteiger partial charge in [0.05, 0.1) is 11.8 Å². The van der Waals surface area contributed by atoms with Crippen LogP contribution in [0.15, 0.2) is 10.7 Å². The Morgan fingerprint density at radius 2 is 2.16 bits per heavy atom. The number of likely N-dealkylation sites (N-methyl/N-ethyl adjacent to an activating group) is 1. The number of piperazine rings is 1. The zero-order valence-corrected chi connectivity index (χ0v) is 10.5. The number of hydrogen-bond donors (Lipinski definition) is 1. The van der Waals surface area contributed by atoms with Gasteiger partial charge in [0, 0.05) is 26.2 Å². The molecular formula is C11H13N7O. The molecule has 0 aliphatic carbocycles. The number of nitrogens with one attached hydrogen (secondary N) is 1.